The van der Waals surface area contributed by atoms with E-state index >= 15 is 0 Å². The SMILES string of the molecule is Cc1ccc(C)c(NC(=O)/C(C#N)=C/c2c(Oc3ccccc3)nc3ccccn3c2=O)c1. The minimum Gasteiger partial charge on any atom is -0.438 e. The molecule has 2 aromatic heterocycles. The molecular formula is C26H20N4O3. The van der Waals surface area contributed by atoms with Gasteiger partial charge in [-0.05, 0) is 61.4 Å². The molecule has 2 aromatic carbocycles. The number of aryl methyl sites for hydroxylation is 2. The van der Waals surface area contributed by atoms with E-state index in [1.165, 1.54) is 10.5 Å². The molecule has 7 nitrogen and oxygen atoms in total. The molecule has 0 fully saturated rings. The summed E-state index contributed by atoms with van der Waals surface area (Å²) in [6.45, 7) is 3.77. The Morgan fingerprint density at radius 3 is 2.61 bits per heavy atom. The molecule has 0 aliphatic carbocycles. The second-order valence-corrected chi connectivity index (χ2v) is 7.42. The van der Waals surface area contributed by atoms with E-state index in [1.807, 2.05) is 44.2 Å². The van der Waals surface area contributed by atoms with Crippen LogP contribution in [0.25, 0.3) is 11.7 Å². The summed E-state index contributed by atoms with van der Waals surface area (Å²) in [5.41, 5.74) is 2.08. The number of carbonyl (C=O) groups is 1. The molecule has 4 aromatic rings. The van der Waals surface area contributed by atoms with Gasteiger partial charge in [-0.25, -0.2) is 0 Å². The fourth-order valence-electron chi connectivity index (χ4n) is 3.24. The van der Waals surface area contributed by atoms with Gasteiger partial charge in [0.2, 0.25) is 5.88 Å². The predicted molar refractivity (Wildman–Crippen MR) is 126 cm³/mol. The Morgan fingerprint density at radius 2 is 1.85 bits per heavy atom. The first kappa shape index (κ1) is 21.5. The largest absolute Gasteiger partial charge is 0.438 e. The molecule has 2 heterocycles. The summed E-state index contributed by atoms with van der Waals surface area (Å²) in [5.74, 6) is -0.156. The number of amides is 1. The maximum absolute atomic E-state index is 13.2. The molecule has 0 unspecified atom stereocenters. The van der Waals surface area contributed by atoms with Crippen LogP contribution in [0.4, 0.5) is 5.69 Å². The number of hydrogen-bond donors (Lipinski definition) is 1. The van der Waals surface area contributed by atoms with E-state index in [0.29, 0.717) is 17.1 Å². The standard InChI is InChI=1S/C26H20N4O3/c1-17-11-12-18(2)22(14-17)28-24(31)19(16-27)15-21-25(33-20-8-4-3-5-9-20)29-23-10-6-7-13-30(23)26(21)32/h3-15H,1-2H3,(H,28,31)/b19-15+. The highest BCUT2D eigenvalue weighted by Crippen LogP contribution is 2.24. The third-order valence-corrected chi connectivity index (χ3v) is 4.99. The maximum atomic E-state index is 13.2. The molecule has 0 bridgehead atoms. The van der Waals surface area contributed by atoms with Crippen molar-refractivity contribution in [1.82, 2.24) is 9.38 Å². The van der Waals surface area contributed by atoms with E-state index < -0.39 is 11.5 Å². The molecule has 4 rings (SSSR count). The summed E-state index contributed by atoms with van der Waals surface area (Å²) < 4.78 is 7.20. The fraction of sp³-hybridized carbons (Fsp3) is 0.0769. The van der Waals surface area contributed by atoms with Crippen LogP contribution in [-0.2, 0) is 4.79 Å². The number of rotatable bonds is 5. The van der Waals surface area contributed by atoms with Crippen LogP contribution in [0.1, 0.15) is 16.7 Å². The van der Waals surface area contributed by atoms with Crippen LogP contribution in [0.15, 0.2) is 83.3 Å². The van der Waals surface area contributed by atoms with Gasteiger partial charge in [0, 0.05) is 11.9 Å². The van der Waals surface area contributed by atoms with E-state index in [-0.39, 0.29) is 17.0 Å². The Morgan fingerprint density at radius 1 is 1.09 bits per heavy atom. The first-order chi connectivity index (χ1) is 16.0. The monoisotopic (exact) mass is 436 g/mol. The lowest BCUT2D eigenvalue weighted by Gasteiger charge is -2.11. The fourth-order valence-corrected chi connectivity index (χ4v) is 3.24. The number of ether oxygens (including phenoxy) is 1. The Balaban J connectivity index is 1.80. The lowest BCUT2D eigenvalue weighted by Crippen LogP contribution is -2.20. The first-order valence-electron chi connectivity index (χ1n) is 10.2. The summed E-state index contributed by atoms with van der Waals surface area (Å²) >= 11 is 0. The van der Waals surface area contributed by atoms with Crippen molar-refractivity contribution >= 4 is 23.3 Å². The number of pyridine rings is 1. The third kappa shape index (κ3) is 4.65. The number of benzene rings is 2. The zero-order chi connectivity index (χ0) is 23.4. The number of carbonyl (C=O) groups excluding carboxylic acids is 1. The number of aromatic nitrogens is 2. The number of nitrogens with zero attached hydrogens (tertiary/aromatic N) is 3. The second-order valence-electron chi connectivity index (χ2n) is 7.42. The van der Waals surface area contributed by atoms with E-state index in [9.17, 15) is 14.9 Å². The van der Waals surface area contributed by atoms with Gasteiger partial charge in [-0.1, -0.05) is 36.4 Å². The third-order valence-electron chi connectivity index (χ3n) is 4.99. The van der Waals surface area contributed by atoms with Crippen molar-refractivity contribution in [2.45, 2.75) is 13.8 Å². The van der Waals surface area contributed by atoms with Crippen molar-refractivity contribution in [3.63, 3.8) is 0 Å². The highest BCUT2D eigenvalue weighted by Gasteiger charge is 2.18. The van der Waals surface area contributed by atoms with Gasteiger partial charge >= 0.3 is 0 Å². The number of hydrogen-bond acceptors (Lipinski definition) is 5. The van der Waals surface area contributed by atoms with Gasteiger partial charge in [-0.15, -0.1) is 0 Å². The maximum Gasteiger partial charge on any atom is 0.269 e. The van der Waals surface area contributed by atoms with Crippen molar-refractivity contribution < 1.29 is 9.53 Å². The highest BCUT2D eigenvalue weighted by molar-refractivity contribution is 6.10. The Labute approximate surface area is 190 Å². The number of anilines is 1. The van der Waals surface area contributed by atoms with E-state index in [0.717, 1.165) is 11.1 Å². The summed E-state index contributed by atoms with van der Waals surface area (Å²) in [6, 6.07) is 21.5. The summed E-state index contributed by atoms with van der Waals surface area (Å²) in [5, 5.41) is 12.4. The topological polar surface area (TPSA) is 96.5 Å². The molecule has 33 heavy (non-hydrogen) atoms. The van der Waals surface area contributed by atoms with Crippen LogP contribution in [0, 0.1) is 25.2 Å². The van der Waals surface area contributed by atoms with Crippen LogP contribution >= 0.6 is 0 Å². The van der Waals surface area contributed by atoms with Gasteiger partial charge in [-0.2, -0.15) is 10.2 Å². The summed E-state index contributed by atoms with van der Waals surface area (Å²) in [6.07, 6.45) is 2.78. The number of fused-ring (bicyclic) bond motifs is 1. The smallest absolute Gasteiger partial charge is 0.269 e. The molecular weight excluding hydrogens is 416 g/mol. The molecule has 0 atom stereocenters. The van der Waals surface area contributed by atoms with Crippen LogP contribution in [0.2, 0.25) is 0 Å². The van der Waals surface area contributed by atoms with Crippen LogP contribution in [-0.4, -0.2) is 15.3 Å². The Hall–Kier alpha value is -4.70. The van der Waals surface area contributed by atoms with E-state index in [1.54, 1.807) is 48.7 Å². The molecule has 1 amide bonds. The molecule has 0 radical (unpaired) electrons. The molecule has 1 N–H and O–H groups in total. The summed E-state index contributed by atoms with van der Waals surface area (Å²) in [7, 11) is 0. The predicted octanol–water partition coefficient (Wildman–Crippen LogP) is 4.65. The molecule has 7 heteroatoms. The van der Waals surface area contributed by atoms with Gasteiger partial charge in [0.05, 0.1) is 0 Å². The van der Waals surface area contributed by atoms with Crippen molar-refractivity contribution in [3.8, 4) is 17.7 Å². The average molecular weight is 436 g/mol. The van der Waals surface area contributed by atoms with Crippen LogP contribution < -0.4 is 15.6 Å². The van der Waals surface area contributed by atoms with Crippen LogP contribution in [0.5, 0.6) is 11.6 Å². The van der Waals surface area contributed by atoms with Crippen molar-refractivity contribution in [3.05, 3.63) is 106 Å². The van der Waals surface area contributed by atoms with Crippen molar-refractivity contribution in [2.24, 2.45) is 0 Å². The van der Waals surface area contributed by atoms with E-state index in [2.05, 4.69) is 10.3 Å². The van der Waals surface area contributed by atoms with Gasteiger partial charge in [-0.3, -0.25) is 14.0 Å². The minimum atomic E-state index is -0.630. The van der Waals surface area contributed by atoms with Crippen molar-refractivity contribution in [1.29, 1.82) is 5.26 Å². The molecule has 0 saturated heterocycles. The lowest BCUT2D eigenvalue weighted by molar-refractivity contribution is -0.112. The number of para-hydroxylation sites is 1. The quantitative estimate of drug-likeness (QED) is 0.363. The minimum absolute atomic E-state index is 0.00434. The van der Waals surface area contributed by atoms with Gasteiger partial charge < -0.3 is 10.1 Å². The molecule has 0 spiro atoms. The molecule has 162 valence electrons. The Bertz CT molecular complexity index is 1480. The zero-order valence-corrected chi connectivity index (χ0v) is 18.1. The van der Waals surface area contributed by atoms with Gasteiger partial charge in [0.25, 0.3) is 11.5 Å². The Kier molecular flexibility index (Phi) is 6.00. The van der Waals surface area contributed by atoms with Crippen molar-refractivity contribution in [2.75, 3.05) is 5.32 Å². The zero-order valence-electron chi connectivity index (χ0n) is 18.1. The number of nitriles is 1. The highest BCUT2D eigenvalue weighted by atomic mass is 16.5. The normalized spacial score (nSPS) is 11.1. The molecule has 0 aliphatic heterocycles. The lowest BCUT2D eigenvalue weighted by atomic mass is 10.1. The summed E-state index contributed by atoms with van der Waals surface area (Å²) in [4.78, 5) is 30.6. The first-order valence-corrected chi connectivity index (χ1v) is 10.2. The van der Waals surface area contributed by atoms with Gasteiger partial charge in [0.15, 0.2) is 0 Å². The average Bonchev–Trinajstić information content (AvgIpc) is 2.82. The van der Waals surface area contributed by atoms with Crippen LogP contribution in [0.3, 0.4) is 0 Å². The van der Waals surface area contributed by atoms with E-state index in [4.69, 9.17) is 4.74 Å². The molecule has 0 aliphatic rings. The molecule has 0 saturated carbocycles. The number of nitrogens with one attached hydrogen (secondary N) is 1. The second kappa shape index (κ2) is 9.20. The van der Waals surface area contributed by atoms with Gasteiger partial charge in [0.1, 0.15) is 28.6 Å².